The maximum absolute atomic E-state index is 12.1. The number of nitrogens with zero attached hydrogens (tertiary/aromatic N) is 3. The van der Waals surface area contributed by atoms with Gasteiger partial charge < -0.3 is 20.4 Å². The van der Waals surface area contributed by atoms with Crippen molar-refractivity contribution in [3.8, 4) is 0 Å². The molecule has 0 aromatic heterocycles. The molecule has 0 saturated carbocycles. The highest BCUT2D eigenvalue weighted by atomic mass is 127. The Bertz CT molecular complexity index is 450. The van der Waals surface area contributed by atoms with Crippen LogP contribution in [-0.2, 0) is 4.79 Å². The summed E-state index contributed by atoms with van der Waals surface area (Å²) in [4.78, 5) is 21.5. The van der Waals surface area contributed by atoms with Crippen LogP contribution in [0, 0.1) is 5.92 Å². The SMILES string of the molecule is CCNC(=NCCCN1CCCCCC1)NC1CCN(C(=O)C(C)C)C1.I. The summed E-state index contributed by atoms with van der Waals surface area (Å²) < 4.78 is 0. The Morgan fingerprint density at radius 1 is 1.15 bits per heavy atom. The summed E-state index contributed by atoms with van der Waals surface area (Å²) in [6.07, 6.45) is 7.58. The van der Waals surface area contributed by atoms with Crippen LogP contribution in [0.5, 0.6) is 0 Å². The lowest BCUT2D eigenvalue weighted by atomic mass is 10.2. The molecule has 0 spiro atoms. The Labute approximate surface area is 182 Å². The summed E-state index contributed by atoms with van der Waals surface area (Å²) in [7, 11) is 0. The molecule has 0 radical (unpaired) electrons. The van der Waals surface area contributed by atoms with E-state index in [9.17, 15) is 4.79 Å². The largest absolute Gasteiger partial charge is 0.357 e. The van der Waals surface area contributed by atoms with Gasteiger partial charge in [0.05, 0.1) is 0 Å². The molecule has 1 unspecified atom stereocenters. The summed E-state index contributed by atoms with van der Waals surface area (Å²) in [6.45, 7) is 13.1. The second-order valence-corrected chi connectivity index (χ2v) is 7.94. The van der Waals surface area contributed by atoms with Crippen molar-refractivity contribution in [2.75, 3.05) is 45.8 Å². The summed E-state index contributed by atoms with van der Waals surface area (Å²) in [6, 6.07) is 0.307. The van der Waals surface area contributed by atoms with Gasteiger partial charge in [-0.1, -0.05) is 26.7 Å². The third-order valence-corrected chi connectivity index (χ3v) is 5.28. The van der Waals surface area contributed by atoms with E-state index < -0.39 is 0 Å². The van der Waals surface area contributed by atoms with E-state index in [2.05, 4.69) is 22.5 Å². The normalized spacial score (nSPS) is 21.7. The van der Waals surface area contributed by atoms with Gasteiger partial charge in [0.2, 0.25) is 5.91 Å². The van der Waals surface area contributed by atoms with Crippen molar-refractivity contribution in [3.05, 3.63) is 0 Å². The first-order valence-corrected chi connectivity index (χ1v) is 10.7. The minimum atomic E-state index is 0. The van der Waals surface area contributed by atoms with Crippen LogP contribution in [0.25, 0.3) is 0 Å². The summed E-state index contributed by atoms with van der Waals surface area (Å²) >= 11 is 0. The van der Waals surface area contributed by atoms with Crippen LogP contribution in [0.3, 0.4) is 0 Å². The van der Waals surface area contributed by atoms with Gasteiger partial charge in [0, 0.05) is 38.1 Å². The zero-order valence-electron chi connectivity index (χ0n) is 17.5. The van der Waals surface area contributed by atoms with E-state index in [4.69, 9.17) is 4.99 Å². The van der Waals surface area contributed by atoms with Crippen molar-refractivity contribution in [3.63, 3.8) is 0 Å². The number of halogens is 1. The first kappa shape index (κ1) is 24.5. The lowest BCUT2D eigenvalue weighted by Gasteiger charge is -2.21. The molecular formula is C20H40IN5O. The minimum Gasteiger partial charge on any atom is -0.357 e. The number of carbonyl (C=O) groups excluding carboxylic acids is 1. The van der Waals surface area contributed by atoms with Gasteiger partial charge in [0.25, 0.3) is 0 Å². The average Bonchev–Trinajstić information content (AvgIpc) is 2.92. The number of hydrogen-bond donors (Lipinski definition) is 2. The molecule has 7 heteroatoms. The second-order valence-electron chi connectivity index (χ2n) is 7.94. The number of carbonyl (C=O) groups is 1. The molecule has 6 nitrogen and oxygen atoms in total. The van der Waals surface area contributed by atoms with Crippen molar-refractivity contribution in [2.45, 2.75) is 65.3 Å². The summed E-state index contributed by atoms with van der Waals surface area (Å²) in [5.74, 6) is 1.23. The maximum atomic E-state index is 12.1. The lowest BCUT2D eigenvalue weighted by molar-refractivity contribution is -0.133. The van der Waals surface area contributed by atoms with Gasteiger partial charge >= 0.3 is 0 Å². The Balaban J connectivity index is 0.00000364. The molecule has 1 atom stereocenters. The molecule has 27 heavy (non-hydrogen) atoms. The van der Waals surface area contributed by atoms with Gasteiger partial charge in [-0.15, -0.1) is 24.0 Å². The van der Waals surface area contributed by atoms with Crippen LogP contribution in [0.4, 0.5) is 0 Å². The zero-order chi connectivity index (χ0) is 18.8. The fourth-order valence-electron chi connectivity index (χ4n) is 3.80. The number of guanidine groups is 1. The lowest BCUT2D eigenvalue weighted by Crippen LogP contribution is -2.45. The number of amides is 1. The molecular weight excluding hydrogens is 453 g/mol. The molecule has 0 aromatic rings. The van der Waals surface area contributed by atoms with E-state index in [0.29, 0.717) is 6.04 Å². The molecule has 2 aliphatic rings. The highest BCUT2D eigenvalue weighted by Gasteiger charge is 2.27. The predicted octanol–water partition coefficient (Wildman–Crippen LogP) is 2.68. The van der Waals surface area contributed by atoms with Crippen molar-refractivity contribution in [1.82, 2.24) is 20.4 Å². The van der Waals surface area contributed by atoms with Gasteiger partial charge in [-0.05, 0) is 52.2 Å². The van der Waals surface area contributed by atoms with E-state index >= 15 is 0 Å². The molecule has 0 aliphatic carbocycles. The monoisotopic (exact) mass is 493 g/mol. The van der Waals surface area contributed by atoms with Crippen molar-refractivity contribution >= 4 is 35.8 Å². The van der Waals surface area contributed by atoms with Crippen LogP contribution in [0.2, 0.25) is 0 Å². The van der Waals surface area contributed by atoms with E-state index in [1.54, 1.807) is 0 Å². The molecule has 0 aromatic carbocycles. The molecule has 2 aliphatic heterocycles. The Hall–Kier alpha value is -0.570. The first-order chi connectivity index (χ1) is 12.6. The maximum Gasteiger partial charge on any atom is 0.225 e. The topological polar surface area (TPSA) is 60.0 Å². The van der Waals surface area contributed by atoms with Crippen molar-refractivity contribution in [1.29, 1.82) is 0 Å². The molecule has 1 amide bonds. The fraction of sp³-hybridized carbons (Fsp3) is 0.900. The fourth-order valence-corrected chi connectivity index (χ4v) is 3.80. The van der Waals surface area contributed by atoms with E-state index in [-0.39, 0.29) is 35.8 Å². The second kappa shape index (κ2) is 13.6. The van der Waals surface area contributed by atoms with E-state index in [0.717, 1.165) is 51.5 Å². The number of hydrogen-bond acceptors (Lipinski definition) is 3. The van der Waals surface area contributed by atoms with Gasteiger partial charge in [-0.3, -0.25) is 9.79 Å². The highest BCUT2D eigenvalue weighted by Crippen LogP contribution is 2.13. The van der Waals surface area contributed by atoms with Crippen LogP contribution in [0.15, 0.2) is 4.99 Å². The van der Waals surface area contributed by atoms with Gasteiger partial charge in [-0.25, -0.2) is 0 Å². The standard InChI is InChI=1S/C20H39N5O.HI/c1-4-21-20(22-11-9-14-24-12-7-5-6-8-13-24)23-18-10-15-25(16-18)19(26)17(2)3;/h17-18H,4-16H2,1-3H3,(H2,21,22,23);1H. The van der Waals surface area contributed by atoms with E-state index in [1.807, 2.05) is 18.7 Å². The van der Waals surface area contributed by atoms with Crippen molar-refractivity contribution in [2.24, 2.45) is 10.9 Å². The predicted molar refractivity (Wildman–Crippen MR) is 124 cm³/mol. The summed E-state index contributed by atoms with van der Waals surface area (Å²) in [5.41, 5.74) is 0. The third kappa shape index (κ3) is 8.98. The molecule has 2 fully saturated rings. The van der Waals surface area contributed by atoms with Crippen LogP contribution < -0.4 is 10.6 Å². The summed E-state index contributed by atoms with van der Waals surface area (Å²) in [5, 5.41) is 6.87. The first-order valence-electron chi connectivity index (χ1n) is 10.7. The van der Waals surface area contributed by atoms with Crippen LogP contribution in [0.1, 0.15) is 59.3 Å². The number of likely N-dealkylation sites (tertiary alicyclic amines) is 2. The highest BCUT2D eigenvalue weighted by molar-refractivity contribution is 14.0. The van der Waals surface area contributed by atoms with Gasteiger partial charge in [-0.2, -0.15) is 0 Å². The van der Waals surface area contributed by atoms with Gasteiger partial charge in [0.1, 0.15) is 0 Å². The Kier molecular flexibility index (Phi) is 12.3. The third-order valence-electron chi connectivity index (χ3n) is 5.28. The molecule has 2 heterocycles. The minimum absolute atomic E-state index is 0. The van der Waals surface area contributed by atoms with Gasteiger partial charge in [0.15, 0.2) is 5.96 Å². The molecule has 2 N–H and O–H groups in total. The zero-order valence-corrected chi connectivity index (χ0v) is 19.8. The smallest absolute Gasteiger partial charge is 0.225 e. The Morgan fingerprint density at radius 3 is 2.48 bits per heavy atom. The number of rotatable bonds is 7. The van der Waals surface area contributed by atoms with E-state index in [1.165, 1.54) is 38.8 Å². The number of nitrogens with one attached hydrogen (secondary N) is 2. The number of aliphatic imine (C=N–C) groups is 1. The molecule has 2 saturated heterocycles. The molecule has 0 bridgehead atoms. The quantitative estimate of drug-likeness (QED) is 0.248. The van der Waals surface area contributed by atoms with Crippen molar-refractivity contribution < 1.29 is 4.79 Å². The Morgan fingerprint density at radius 2 is 1.85 bits per heavy atom. The van der Waals surface area contributed by atoms with Crippen LogP contribution in [-0.4, -0.2) is 73.5 Å². The molecule has 158 valence electrons. The van der Waals surface area contributed by atoms with Crippen LogP contribution >= 0.6 is 24.0 Å². The average molecular weight is 493 g/mol. The molecule has 2 rings (SSSR count).